The monoisotopic (exact) mass is 395 g/mol. The Morgan fingerprint density at radius 3 is 1.97 bits per heavy atom. The zero-order chi connectivity index (χ0) is 20.2. The number of halogens is 1. The molecule has 2 aliphatic rings. The topological polar surface area (TPSA) is 43.9 Å². The van der Waals surface area contributed by atoms with Gasteiger partial charge in [-0.15, -0.1) is 0 Å². The highest BCUT2D eigenvalue weighted by Crippen LogP contribution is 2.21. The fourth-order valence-corrected chi connectivity index (χ4v) is 4.01. The molecule has 0 atom stereocenters. The molecule has 0 spiro atoms. The van der Waals surface area contributed by atoms with Gasteiger partial charge < -0.3 is 9.80 Å². The fourth-order valence-electron chi connectivity index (χ4n) is 4.01. The molecule has 2 fully saturated rings. The summed E-state index contributed by atoms with van der Waals surface area (Å²) in [4.78, 5) is 31.4. The van der Waals surface area contributed by atoms with Crippen LogP contribution in [0.1, 0.15) is 33.6 Å². The Kier molecular flexibility index (Phi) is 5.90. The van der Waals surface area contributed by atoms with Crippen molar-refractivity contribution in [1.82, 2.24) is 9.80 Å². The van der Waals surface area contributed by atoms with Gasteiger partial charge in [0.1, 0.15) is 5.82 Å². The highest BCUT2D eigenvalue weighted by Gasteiger charge is 2.24. The molecular weight excluding hydrogens is 369 g/mol. The second-order valence-corrected chi connectivity index (χ2v) is 7.74. The van der Waals surface area contributed by atoms with Crippen LogP contribution in [-0.4, -0.2) is 67.3 Å². The summed E-state index contributed by atoms with van der Waals surface area (Å²) in [6, 6.07) is 13.6. The minimum absolute atomic E-state index is 0.0257. The number of carbonyl (C=O) groups excluding carboxylic acids is 2. The van der Waals surface area contributed by atoms with Gasteiger partial charge in [0.2, 0.25) is 0 Å². The lowest BCUT2D eigenvalue weighted by Crippen LogP contribution is -2.49. The molecule has 152 valence electrons. The van der Waals surface area contributed by atoms with Gasteiger partial charge in [0.15, 0.2) is 5.78 Å². The third-order valence-electron chi connectivity index (χ3n) is 5.78. The van der Waals surface area contributed by atoms with E-state index in [1.54, 1.807) is 0 Å². The van der Waals surface area contributed by atoms with Gasteiger partial charge >= 0.3 is 0 Å². The molecule has 6 heteroatoms. The second-order valence-electron chi connectivity index (χ2n) is 7.74. The Bertz CT molecular complexity index is 853. The predicted octanol–water partition coefficient (Wildman–Crippen LogP) is 3.07. The van der Waals surface area contributed by atoms with Crippen molar-refractivity contribution < 1.29 is 14.0 Å². The van der Waals surface area contributed by atoms with Crippen molar-refractivity contribution in [2.75, 3.05) is 50.7 Å². The number of rotatable bonds is 5. The van der Waals surface area contributed by atoms with E-state index in [1.807, 2.05) is 34.1 Å². The van der Waals surface area contributed by atoms with Crippen molar-refractivity contribution in [1.29, 1.82) is 0 Å². The van der Waals surface area contributed by atoms with Crippen LogP contribution in [0.15, 0.2) is 48.5 Å². The van der Waals surface area contributed by atoms with Gasteiger partial charge in [0.25, 0.3) is 5.91 Å². The summed E-state index contributed by atoms with van der Waals surface area (Å²) in [5.74, 6) is -0.327. The number of anilines is 1. The molecule has 29 heavy (non-hydrogen) atoms. The van der Waals surface area contributed by atoms with Gasteiger partial charge in [0.05, 0.1) is 6.54 Å². The van der Waals surface area contributed by atoms with E-state index in [0.717, 1.165) is 13.1 Å². The van der Waals surface area contributed by atoms with Gasteiger partial charge in [-0.05, 0) is 61.4 Å². The lowest BCUT2D eigenvalue weighted by molar-refractivity contribution is 0.0624. The van der Waals surface area contributed by atoms with Crippen LogP contribution in [0.25, 0.3) is 0 Å². The van der Waals surface area contributed by atoms with E-state index in [0.29, 0.717) is 37.3 Å². The Balaban J connectivity index is 1.29. The summed E-state index contributed by atoms with van der Waals surface area (Å²) in [6.45, 7) is 4.98. The number of ketones is 1. The van der Waals surface area contributed by atoms with Crippen LogP contribution in [0, 0.1) is 5.82 Å². The molecule has 0 unspecified atom stereocenters. The van der Waals surface area contributed by atoms with Crippen LogP contribution in [0.2, 0.25) is 0 Å². The van der Waals surface area contributed by atoms with E-state index in [-0.39, 0.29) is 24.1 Å². The van der Waals surface area contributed by atoms with Crippen LogP contribution in [0.4, 0.5) is 10.1 Å². The van der Waals surface area contributed by atoms with Crippen molar-refractivity contribution >= 4 is 17.4 Å². The highest BCUT2D eigenvalue weighted by molar-refractivity contribution is 5.97. The molecule has 0 N–H and O–H groups in total. The average Bonchev–Trinajstić information content (AvgIpc) is 3.29. The zero-order valence-corrected chi connectivity index (χ0v) is 16.5. The number of carbonyl (C=O) groups is 2. The van der Waals surface area contributed by atoms with Crippen LogP contribution < -0.4 is 4.90 Å². The third-order valence-corrected chi connectivity index (χ3v) is 5.78. The van der Waals surface area contributed by atoms with E-state index < -0.39 is 0 Å². The Hall–Kier alpha value is -2.73. The van der Waals surface area contributed by atoms with Crippen molar-refractivity contribution in [2.24, 2.45) is 0 Å². The molecule has 5 nitrogen and oxygen atoms in total. The number of amides is 1. The second kappa shape index (κ2) is 8.74. The summed E-state index contributed by atoms with van der Waals surface area (Å²) in [7, 11) is 0. The van der Waals surface area contributed by atoms with E-state index in [2.05, 4.69) is 4.90 Å². The van der Waals surface area contributed by atoms with Gasteiger partial charge in [-0.3, -0.25) is 14.5 Å². The van der Waals surface area contributed by atoms with Gasteiger partial charge in [0, 0.05) is 56.1 Å². The minimum atomic E-state index is -0.345. The Labute approximate surface area is 170 Å². The van der Waals surface area contributed by atoms with E-state index in [4.69, 9.17) is 0 Å². The first-order valence-corrected chi connectivity index (χ1v) is 10.3. The number of hydrogen-bond donors (Lipinski definition) is 0. The number of benzene rings is 2. The standard InChI is InChI=1S/C23H26FN3O2/c24-20-7-3-18(4-8-20)22(28)17-25-13-15-27(16-14-25)23(29)19-5-9-21(10-6-19)26-11-1-2-12-26/h3-10H,1-2,11-17H2. The molecule has 2 aromatic rings. The maximum Gasteiger partial charge on any atom is 0.253 e. The lowest BCUT2D eigenvalue weighted by Gasteiger charge is -2.34. The first-order valence-electron chi connectivity index (χ1n) is 10.3. The van der Waals surface area contributed by atoms with Gasteiger partial charge in [-0.25, -0.2) is 4.39 Å². The maximum absolute atomic E-state index is 13.0. The normalized spacial score (nSPS) is 17.6. The van der Waals surface area contributed by atoms with Crippen LogP contribution in [0.3, 0.4) is 0 Å². The average molecular weight is 395 g/mol. The fraction of sp³-hybridized carbons (Fsp3) is 0.391. The minimum Gasteiger partial charge on any atom is -0.372 e. The molecule has 2 saturated heterocycles. The molecule has 1 amide bonds. The lowest BCUT2D eigenvalue weighted by atomic mass is 10.1. The van der Waals surface area contributed by atoms with E-state index >= 15 is 0 Å². The number of hydrogen-bond acceptors (Lipinski definition) is 4. The molecule has 4 rings (SSSR count). The Morgan fingerprint density at radius 1 is 0.759 bits per heavy atom. The van der Waals surface area contributed by atoms with Crippen LogP contribution >= 0.6 is 0 Å². The largest absolute Gasteiger partial charge is 0.372 e. The summed E-state index contributed by atoms with van der Waals surface area (Å²) < 4.78 is 13.0. The summed E-state index contributed by atoms with van der Waals surface area (Å²) >= 11 is 0. The Morgan fingerprint density at radius 2 is 1.34 bits per heavy atom. The number of Topliss-reactive ketones (excluding diaryl/α,β-unsaturated/α-hetero) is 1. The van der Waals surface area contributed by atoms with Crippen molar-refractivity contribution in [3.05, 3.63) is 65.5 Å². The van der Waals surface area contributed by atoms with Gasteiger partial charge in [-0.1, -0.05) is 0 Å². The SMILES string of the molecule is O=C(CN1CCN(C(=O)c2ccc(N3CCCC3)cc2)CC1)c1ccc(F)cc1. The van der Waals surface area contributed by atoms with Crippen LogP contribution in [-0.2, 0) is 0 Å². The van der Waals surface area contributed by atoms with Crippen LogP contribution in [0.5, 0.6) is 0 Å². The first-order chi connectivity index (χ1) is 14.1. The number of piperazine rings is 1. The van der Waals surface area contributed by atoms with Gasteiger partial charge in [-0.2, -0.15) is 0 Å². The molecule has 2 heterocycles. The molecule has 0 aromatic heterocycles. The van der Waals surface area contributed by atoms with E-state index in [9.17, 15) is 14.0 Å². The van der Waals surface area contributed by atoms with E-state index in [1.165, 1.54) is 42.8 Å². The van der Waals surface area contributed by atoms with Crippen molar-refractivity contribution in [3.63, 3.8) is 0 Å². The molecule has 2 aromatic carbocycles. The smallest absolute Gasteiger partial charge is 0.253 e. The first kappa shape index (κ1) is 19.6. The number of nitrogens with zero attached hydrogens (tertiary/aromatic N) is 3. The molecule has 0 bridgehead atoms. The predicted molar refractivity (Wildman–Crippen MR) is 111 cm³/mol. The highest BCUT2D eigenvalue weighted by atomic mass is 19.1. The quantitative estimate of drug-likeness (QED) is 0.730. The summed E-state index contributed by atoms with van der Waals surface area (Å²) in [5.41, 5.74) is 2.41. The van der Waals surface area contributed by atoms with Crippen molar-refractivity contribution in [2.45, 2.75) is 12.8 Å². The summed E-state index contributed by atoms with van der Waals surface area (Å²) in [6.07, 6.45) is 2.46. The molecule has 0 saturated carbocycles. The van der Waals surface area contributed by atoms with Crippen molar-refractivity contribution in [3.8, 4) is 0 Å². The molecule has 0 aliphatic carbocycles. The zero-order valence-electron chi connectivity index (χ0n) is 16.5. The third kappa shape index (κ3) is 4.65. The molecular formula is C23H26FN3O2. The molecule has 0 radical (unpaired) electrons. The maximum atomic E-state index is 13.0. The summed E-state index contributed by atoms with van der Waals surface area (Å²) in [5, 5.41) is 0. The molecule has 2 aliphatic heterocycles.